The Morgan fingerprint density at radius 2 is 1.81 bits per heavy atom. The minimum atomic E-state index is -0.0546. The van der Waals surface area contributed by atoms with Gasteiger partial charge in [0.2, 0.25) is 0 Å². The van der Waals surface area contributed by atoms with Gasteiger partial charge in [0.25, 0.3) is 5.91 Å². The van der Waals surface area contributed by atoms with E-state index in [1.807, 2.05) is 48.5 Å². The number of para-hydroxylation sites is 2. The number of nitrogens with zero attached hydrogens (tertiary/aromatic N) is 1. The number of pyridine rings is 1. The van der Waals surface area contributed by atoms with Crippen molar-refractivity contribution >= 4 is 28.3 Å². The first-order valence-electron chi connectivity index (χ1n) is 9.61. The Balaban J connectivity index is 1.94. The van der Waals surface area contributed by atoms with E-state index in [0.29, 0.717) is 23.8 Å². The number of rotatable bonds is 7. The van der Waals surface area contributed by atoms with Crippen LogP contribution in [0.3, 0.4) is 0 Å². The summed E-state index contributed by atoms with van der Waals surface area (Å²) >= 11 is 0. The van der Waals surface area contributed by atoms with Gasteiger partial charge in [0.15, 0.2) is 0 Å². The van der Waals surface area contributed by atoms with Gasteiger partial charge in [-0.1, -0.05) is 57.2 Å². The molecule has 27 heavy (non-hydrogen) atoms. The molecule has 3 aromatic rings. The van der Waals surface area contributed by atoms with E-state index in [9.17, 15) is 4.79 Å². The number of fused-ring (bicyclic) bond motifs is 1. The molecule has 4 nitrogen and oxygen atoms in total. The normalized spacial score (nSPS) is 11.0. The van der Waals surface area contributed by atoms with Crippen LogP contribution in [0.1, 0.15) is 43.1 Å². The maximum Gasteiger partial charge on any atom is 0.252 e. The Morgan fingerprint density at radius 1 is 1.07 bits per heavy atom. The molecule has 0 fully saturated rings. The van der Waals surface area contributed by atoms with E-state index >= 15 is 0 Å². The number of amides is 1. The number of anilines is 2. The van der Waals surface area contributed by atoms with Gasteiger partial charge in [-0.15, -0.1) is 0 Å². The van der Waals surface area contributed by atoms with Gasteiger partial charge in [-0.05, 0) is 42.5 Å². The predicted molar refractivity (Wildman–Crippen MR) is 113 cm³/mol. The van der Waals surface area contributed by atoms with Crippen LogP contribution in [-0.4, -0.2) is 17.4 Å². The van der Waals surface area contributed by atoms with Crippen molar-refractivity contribution in [3.63, 3.8) is 0 Å². The van der Waals surface area contributed by atoms with Crippen LogP contribution < -0.4 is 10.6 Å². The Bertz CT molecular complexity index is 934. The summed E-state index contributed by atoms with van der Waals surface area (Å²) in [6, 6.07) is 17.8. The number of carbonyl (C=O) groups excluding carboxylic acids is 1. The lowest BCUT2D eigenvalue weighted by Crippen LogP contribution is -2.25. The van der Waals surface area contributed by atoms with Crippen LogP contribution in [0.15, 0.2) is 54.6 Å². The van der Waals surface area contributed by atoms with Crippen molar-refractivity contribution < 1.29 is 4.79 Å². The van der Waals surface area contributed by atoms with Crippen molar-refractivity contribution in [3.05, 3.63) is 65.7 Å². The average Bonchev–Trinajstić information content (AvgIpc) is 2.67. The third-order valence-electron chi connectivity index (χ3n) is 4.63. The van der Waals surface area contributed by atoms with Crippen LogP contribution in [0.5, 0.6) is 0 Å². The van der Waals surface area contributed by atoms with E-state index in [1.165, 1.54) is 5.56 Å². The summed E-state index contributed by atoms with van der Waals surface area (Å²) in [6.07, 6.45) is 1.89. The Morgan fingerprint density at radius 3 is 2.59 bits per heavy atom. The third kappa shape index (κ3) is 4.64. The zero-order valence-corrected chi connectivity index (χ0v) is 16.3. The molecule has 1 amide bonds. The third-order valence-corrected chi connectivity index (χ3v) is 4.63. The summed E-state index contributed by atoms with van der Waals surface area (Å²) in [5.41, 5.74) is 3.70. The van der Waals surface area contributed by atoms with E-state index in [2.05, 4.69) is 37.5 Å². The Kier molecular flexibility index (Phi) is 6.07. The summed E-state index contributed by atoms with van der Waals surface area (Å²) in [5, 5.41) is 7.30. The highest BCUT2D eigenvalue weighted by Gasteiger charge is 2.13. The SMILES string of the molecule is CCc1ccccc1Nc1cc(C(=O)NCCC(C)C)c2ccccc2n1. The molecule has 1 aromatic heterocycles. The number of aryl methyl sites for hydroxylation is 1. The predicted octanol–water partition coefficient (Wildman–Crippen LogP) is 5.32. The lowest BCUT2D eigenvalue weighted by atomic mass is 10.1. The van der Waals surface area contributed by atoms with Crippen molar-refractivity contribution in [1.82, 2.24) is 10.3 Å². The standard InChI is InChI=1S/C23H27N3O/c1-4-17-9-5-7-11-20(17)25-22-15-19(23(27)24-14-13-16(2)3)18-10-6-8-12-21(18)26-22/h5-12,15-16H,4,13-14H2,1-3H3,(H,24,27)(H,25,26). The molecule has 0 saturated carbocycles. The first-order chi connectivity index (χ1) is 13.1. The van der Waals surface area contributed by atoms with Crippen LogP contribution in [0, 0.1) is 5.92 Å². The fourth-order valence-electron chi connectivity index (χ4n) is 3.09. The van der Waals surface area contributed by atoms with Gasteiger partial charge in [0, 0.05) is 17.6 Å². The van der Waals surface area contributed by atoms with Gasteiger partial charge in [0.1, 0.15) is 5.82 Å². The van der Waals surface area contributed by atoms with Crippen molar-refractivity contribution in [2.24, 2.45) is 5.92 Å². The first-order valence-corrected chi connectivity index (χ1v) is 9.61. The van der Waals surface area contributed by atoms with E-state index in [4.69, 9.17) is 4.98 Å². The van der Waals surface area contributed by atoms with Crippen LogP contribution in [0.2, 0.25) is 0 Å². The fraction of sp³-hybridized carbons (Fsp3) is 0.304. The zero-order valence-electron chi connectivity index (χ0n) is 16.3. The van der Waals surface area contributed by atoms with Crippen molar-refractivity contribution in [2.75, 3.05) is 11.9 Å². The van der Waals surface area contributed by atoms with Crippen molar-refractivity contribution in [2.45, 2.75) is 33.6 Å². The second-order valence-corrected chi connectivity index (χ2v) is 7.15. The number of aromatic nitrogens is 1. The summed E-state index contributed by atoms with van der Waals surface area (Å²) in [4.78, 5) is 17.5. The highest BCUT2D eigenvalue weighted by molar-refractivity contribution is 6.07. The Hall–Kier alpha value is -2.88. The molecule has 1 heterocycles. The largest absolute Gasteiger partial charge is 0.352 e. The molecule has 140 valence electrons. The molecule has 0 atom stereocenters. The molecule has 0 spiro atoms. The second-order valence-electron chi connectivity index (χ2n) is 7.15. The number of benzene rings is 2. The lowest BCUT2D eigenvalue weighted by molar-refractivity contribution is 0.0953. The monoisotopic (exact) mass is 361 g/mol. The quantitative estimate of drug-likeness (QED) is 0.599. The molecule has 3 rings (SSSR count). The fourth-order valence-corrected chi connectivity index (χ4v) is 3.09. The molecule has 2 aromatic carbocycles. The summed E-state index contributed by atoms with van der Waals surface area (Å²) < 4.78 is 0. The second kappa shape index (κ2) is 8.67. The van der Waals surface area contributed by atoms with Crippen LogP contribution in [-0.2, 0) is 6.42 Å². The lowest BCUT2D eigenvalue weighted by Gasteiger charge is -2.14. The molecule has 0 aliphatic rings. The molecular weight excluding hydrogens is 334 g/mol. The summed E-state index contributed by atoms with van der Waals surface area (Å²) in [6.45, 7) is 7.11. The molecule has 0 bridgehead atoms. The molecular formula is C23H27N3O. The summed E-state index contributed by atoms with van der Waals surface area (Å²) in [5.74, 6) is 1.19. The topological polar surface area (TPSA) is 54.0 Å². The number of hydrogen-bond donors (Lipinski definition) is 2. The average molecular weight is 361 g/mol. The number of carbonyl (C=O) groups is 1. The molecule has 0 radical (unpaired) electrons. The molecule has 0 unspecified atom stereocenters. The van der Waals surface area contributed by atoms with Gasteiger partial charge >= 0.3 is 0 Å². The van der Waals surface area contributed by atoms with E-state index in [0.717, 1.165) is 29.4 Å². The van der Waals surface area contributed by atoms with Gasteiger partial charge in [-0.3, -0.25) is 4.79 Å². The van der Waals surface area contributed by atoms with E-state index in [-0.39, 0.29) is 5.91 Å². The van der Waals surface area contributed by atoms with Crippen molar-refractivity contribution in [3.8, 4) is 0 Å². The molecule has 0 aliphatic heterocycles. The maximum absolute atomic E-state index is 12.8. The van der Waals surface area contributed by atoms with Crippen LogP contribution in [0.25, 0.3) is 10.9 Å². The molecule has 0 aliphatic carbocycles. The van der Waals surface area contributed by atoms with E-state index < -0.39 is 0 Å². The minimum Gasteiger partial charge on any atom is -0.352 e. The van der Waals surface area contributed by atoms with Gasteiger partial charge in [0.05, 0.1) is 11.1 Å². The minimum absolute atomic E-state index is 0.0546. The highest BCUT2D eigenvalue weighted by atomic mass is 16.1. The smallest absolute Gasteiger partial charge is 0.252 e. The van der Waals surface area contributed by atoms with Crippen LogP contribution >= 0.6 is 0 Å². The Labute approximate surface area is 161 Å². The molecule has 4 heteroatoms. The number of hydrogen-bond acceptors (Lipinski definition) is 3. The van der Waals surface area contributed by atoms with Crippen molar-refractivity contribution in [1.29, 1.82) is 0 Å². The highest BCUT2D eigenvalue weighted by Crippen LogP contribution is 2.25. The summed E-state index contributed by atoms with van der Waals surface area (Å²) in [7, 11) is 0. The zero-order chi connectivity index (χ0) is 19.2. The maximum atomic E-state index is 12.8. The van der Waals surface area contributed by atoms with Gasteiger partial charge in [-0.25, -0.2) is 4.98 Å². The van der Waals surface area contributed by atoms with Gasteiger partial charge in [-0.2, -0.15) is 0 Å². The first kappa shape index (κ1) is 18.9. The van der Waals surface area contributed by atoms with E-state index in [1.54, 1.807) is 0 Å². The molecule has 0 saturated heterocycles. The van der Waals surface area contributed by atoms with Gasteiger partial charge < -0.3 is 10.6 Å². The van der Waals surface area contributed by atoms with Crippen LogP contribution in [0.4, 0.5) is 11.5 Å². The molecule has 2 N–H and O–H groups in total. The number of nitrogens with one attached hydrogen (secondary N) is 2.